The molecule has 160 valence electrons. The van der Waals surface area contributed by atoms with Crippen LogP contribution in [0.4, 0.5) is 14.5 Å². The molecule has 4 rings (SSSR count). The van der Waals surface area contributed by atoms with Crippen molar-refractivity contribution in [2.75, 3.05) is 18.8 Å². The summed E-state index contributed by atoms with van der Waals surface area (Å²) in [5, 5.41) is 0. The Bertz CT molecular complexity index is 1410. The zero-order valence-electron chi connectivity index (χ0n) is 16.3. The van der Waals surface area contributed by atoms with Gasteiger partial charge in [0.1, 0.15) is 23.5 Å². The molecule has 7 nitrogen and oxygen atoms in total. The monoisotopic (exact) mass is 507 g/mol. The van der Waals surface area contributed by atoms with Crippen LogP contribution in [0.1, 0.15) is 0 Å². The third-order valence-corrected chi connectivity index (χ3v) is 6.41. The number of rotatable bonds is 5. The van der Waals surface area contributed by atoms with Crippen molar-refractivity contribution in [2.45, 2.75) is 0 Å². The van der Waals surface area contributed by atoms with E-state index >= 15 is 0 Å². The Kier molecular flexibility index (Phi) is 5.50. The van der Waals surface area contributed by atoms with Gasteiger partial charge in [0.25, 0.3) is 0 Å². The SMILES string of the molecule is CN(C)S(=O)(=O)Nc1cc(-c2ccc(F)cc2F)cc(-n2cnc3cc(Br)cnc32)c1. The second-order valence-corrected chi connectivity index (χ2v) is 9.69. The van der Waals surface area contributed by atoms with Gasteiger partial charge in [-0.05, 0) is 57.9 Å². The molecule has 31 heavy (non-hydrogen) atoms. The topological polar surface area (TPSA) is 80.1 Å². The van der Waals surface area contributed by atoms with E-state index in [0.717, 1.165) is 20.9 Å². The lowest BCUT2D eigenvalue weighted by Gasteiger charge is -2.16. The van der Waals surface area contributed by atoms with Gasteiger partial charge in [0.05, 0.1) is 11.4 Å². The molecule has 2 aromatic heterocycles. The smallest absolute Gasteiger partial charge is 0.283 e. The lowest BCUT2D eigenvalue weighted by Crippen LogP contribution is -2.29. The van der Waals surface area contributed by atoms with Gasteiger partial charge in [-0.2, -0.15) is 12.7 Å². The number of aromatic nitrogens is 3. The molecule has 4 aromatic rings. The van der Waals surface area contributed by atoms with Crippen molar-refractivity contribution in [3.05, 3.63) is 71.1 Å². The summed E-state index contributed by atoms with van der Waals surface area (Å²) in [6, 6.07) is 9.71. The third kappa shape index (κ3) is 4.29. The number of nitrogens with zero attached hydrogens (tertiary/aromatic N) is 4. The minimum absolute atomic E-state index is 0.119. The molecule has 0 saturated carbocycles. The Morgan fingerprint density at radius 1 is 1.06 bits per heavy atom. The molecular formula is C20H16BrF2N5O2S. The molecule has 0 fully saturated rings. The van der Waals surface area contributed by atoms with Crippen LogP contribution in [0.15, 0.2) is 59.5 Å². The van der Waals surface area contributed by atoms with Crippen LogP contribution >= 0.6 is 15.9 Å². The van der Waals surface area contributed by atoms with E-state index in [1.54, 1.807) is 29.0 Å². The third-order valence-electron chi connectivity index (χ3n) is 4.52. The highest BCUT2D eigenvalue weighted by Crippen LogP contribution is 2.31. The number of hydrogen-bond donors (Lipinski definition) is 1. The van der Waals surface area contributed by atoms with Crippen molar-refractivity contribution in [3.8, 4) is 16.8 Å². The first-order valence-corrected chi connectivity index (χ1v) is 11.2. The van der Waals surface area contributed by atoms with E-state index in [-0.39, 0.29) is 11.3 Å². The molecule has 2 heterocycles. The van der Waals surface area contributed by atoms with Gasteiger partial charge in [-0.3, -0.25) is 9.29 Å². The summed E-state index contributed by atoms with van der Waals surface area (Å²) in [7, 11) is -1.04. The van der Waals surface area contributed by atoms with Gasteiger partial charge in [0, 0.05) is 36.4 Å². The summed E-state index contributed by atoms with van der Waals surface area (Å²) in [6.45, 7) is 0. The predicted octanol–water partition coefficient (Wildman–Crippen LogP) is 4.35. The molecule has 11 heteroatoms. The fourth-order valence-corrected chi connectivity index (χ4v) is 3.91. The Hall–Kier alpha value is -2.89. The molecule has 0 atom stereocenters. The Labute approximate surface area is 185 Å². The number of nitrogens with one attached hydrogen (secondary N) is 1. The molecule has 0 unspecified atom stereocenters. The summed E-state index contributed by atoms with van der Waals surface area (Å²) >= 11 is 3.35. The van der Waals surface area contributed by atoms with E-state index in [4.69, 9.17) is 0 Å². The predicted molar refractivity (Wildman–Crippen MR) is 118 cm³/mol. The molecule has 0 radical (unpaired) electrons. The van der Waals surface area contributed by atoms with E-state index in [1.165, 1.54) is 32.6 Å². The first kappa shape index (κ1) is 21.3. The Balaban J connectivity index is 1.92. The molecule has 0 saturated heterocycles. The van der Waals surface area contributed by atoms with E-state index in [0.29, 0.717) is 22.4 Å². The van der Waals surface area contributed by atoms with Crippen molar-refractivity contribution in [1.82, 2.24) is 18.8 Å². The van der Waals surface area contributed by atoms with Crippen molar-refractivity contribution in [2.24, 2.45) is 0 Å². The second-order valence-electron chi connectivity index (χ2n) is 6.89. The van der Waals surface area contributed by atoms with Gasteiger partial charge in [0.2, 0.25) is 0 Å². The number of imidazole rings is 1. The van der Waals surface area contributed by atoms with E-state index in [9.17, 15) is 17.2 Å². The van der Waals surface area contributed by atoms with Crippen LogP contribution in [0.2, 0.25) is 0 Å². The minimum Gasteiger partial charge on any atom is -0.283 e. The maximum absolute atomic E-state index is 14.5. The van der Waals surface area contributed by atoms with Crippen LogP contribution in [-0.4, -0.2) is 41.4 Å². The average molecular weight is 508 g/mol. The molecule has 0 aliphatic heterocycles. The number of pyridine rings is 1. The lowest BCUT2D eigenvalue weighted by molar-refractivity contribution is 0.527. The zero-order valence-corrected chi connectivity index (χ0v) is 18.7. The first-order chi connectivity index (χ1) is 14.6. The number of halogens is 3. The summed E-state index contributed by atoms with van der Waals surface area (Å²) in [4.78, 5) is 8.68. The Morgan fingerprint density at radius 3 is 2.55 bits per heavy atom. The summed E-state index contributed by atoms with van der Waals surface area (Å²) in [5.74, 6) is -1.47. The maximum atomic E-state index is 14.5. The summed E-state index contributed by atoms with van der Waals surface area (Å²) in [6.07, 6.45) is 3.15. The van der Waals surface area contributed by atoms with Gasteiger partial charge in [0.15, 0.2) is 5.65 Å². The standard InChI is InChI=1S/C20H16BrF2N5O2S/c1-27(2)31(29,30)26-15-5-12(17-4-3-14(22)8-18(17)23)6-16(9-15)28-11-25-19-7-13(21)10-24-20(19)28/h3-11,26H,1-2H3. The number of fused-ring (bicyclic) bond motifs is 1. The molecular weight excluding hydrogens is 492 g/mol. The highest BCUT2D eigenvalue weighted by molar-refractivity contribution is 9.10. The van der Waals surface area contributed by atoms with E-state index in [1.807, 2.05) is 0 Å². The molecule has 0 aliphatic rings. The first-order valence-electron chi connectivity index (χ1n) is 8.94. The normalized spacial score (nSPS) is 11.9. The molecule has 0 amide bonds. The highest BCUT2D eigenvalue weighted by Gasteiger charge is 2.17. The largest absolute Gasteiger partial charge is 0.301 e. The fourth-order valence-electron chi connectivity index (χ4n) is 2.99. The van der Waals surface area contributed by atoms with Crippen LogP contribution in [0.3, 0.4) is 0 Å². The van der Waals surface area contributed by atoms with Crippen molar-refractivity contribution >= 4 is 43.0 Å². The summed E-state index contributed by atoms with van der Waals surface area (Å²) < 4.78 is 58.5. The number of hydrogen-bond acceptors (Lipinski definition) is 4. The Morgan fingerprint density at radius 2 is 1.84 bits per heavy atom. The van der Waals surface area contributed by atoms with Crippen molar-refractivity contribution in [1.29, 1.82) is 0 Å². The van der Waals surface area contributed by atoms with Crippen LogP contribution in [0.25, 0.3) is 28.0 Å². The minimum atomic E-state index is -3.82. The molecule has 2 aromatic carbocycles. The van der Waals surface area contributed by atoms with Gasteiger partial charge in [-0.15, -0.1) is 0 Å². The highest BCUT2D eigenvalue weighted by atomic mass is 79.9. The fraction of sp³-hybridized carbons (Fsp3) is 0.100. The van der Waals surface area contributed by atoms with Crippen LogP contribution in [0, 0.1) is 11.6 Å². The molecule has 0 aliphatic carbocycles. The van der Waals surface area contributed by atoms with Crippen LogP contribution < -0.4 is 4.72 Å². The van der Waals surface area contributed by atoms with E-state index < -0.39 is 21.8 Å². The van der Waals surface area contributed by atoms with Crippen LogP contribution in [-0.2, 0) is 10.2 Å². The van der Waals surface area contributed by atoms with Gasteiger partial charge >= 0.3 is 10.2 Å². The van der Waals surface area contributed by atoms with Crippen LogP contribution in [0.5, 0.6) is 0 Å². The van der Waals surface area contributed by atoms with Gasteiger partial charge < -0.3 is 0 Å². The number of anilines is 1. The maximum Gasteiger partial charge on any atom is 0.301 e. The quantitative estimate of drug-likeness (QED) is 0.435. The molecule has 0 spiro atoms. The lowest BCUT2D eigenvalue weighted by atomic mass is 10.0. The number of benzene rings is 2. The van der Waals surface area contributed by atoms with E-state index in [2.05, 4.69) is 30.6 Å². The second kappa shape index (κ2) is 7.98. The average Bonchev–Trinajstić information content (AvgIpc) is 3.10. The van der Waals surface area contributed by atoms with Crippen molar-refractivity contribution in [3.63, 3.8) is 0 Å². The van der Waals surface area contributed by atoms with Crippen molar-refractivity contribution < 1.29 is 17.2 Å². The summed E-state index contributed by atoms with van der Waals surface area (Å²) in [5.41, 5.74) is 2.31. The molecule has 0 bridgehead atoms. The van der Waals surface area contributed by atoms with Gasteiger partial charge in [-0.25, -0.2) is 18.7 Å². The molecule has 1 N–H and O–H groups in total. The zero-order chi connectivity index (χ0) is 22.3. The van der Waals surface area contributed by atoms with Gasteiger partial charge in [-0.1, -0.05) is 0 Å².